The van der Waals surface area contributed by atoms with Gasteiger partial charge in [-0.25, -0.2) is 12.4 Å². The van der Waals surface area contributed by atoms with E-state index in [-0.39, 0.29) is 10.6 Å². The lowest BCUT2D eigenvalue weighted by atomic mass is 10.1. The minimum Gasteiger partial charge on any atom is -0.287 e. The number of carbonyl (C=O) groups excluding carboxylic acids is 1. The zero-order chi connectivity index (χ0) is 19.0. The van der Waals surface area contributed by atoms with E-state index in [9.17, 15) is 13.2 Å². The summed E-state index contributed by atoms with van der Waals surface area (Å²) >= 11 is 4.35. The highest BCUT2D eigenvalue weighted by atomic mass is 32.2. The molecule has 0 saturated heterocycles. The largest absolute Gasteiger partial charge is 0.287 e. The smallest absolute Gasteiger partial charge is 0.268 e. The van der Waals surface area contributed by atoms with Crippen LogP contribution >= 0.6 is 12.6 Å². The zero-order valence-corrected chi connectivity index (χ0v) is 15.8. The van der Waals surface area contributed by atoms with E-state index < -0.39 is 15.8 Å². The molecular formula is C21H15NO3S2. The number of fused-ring (bicyclic) bond motifs is 1. The summed E-state index contributed by atoms with van der Waals surface area (Å²) in [6, 6.07) is 23.6. The summed E-state index contributed by atoms with van der Waals surface area (Å²) in [4.78, 5) is 13.8. The summed E-state index contributed by atoms with van der Waals surface area (Å²) in [5.41, 5.74) is 0.899. The van der Waals surface area contributed by atoms with Crippen molar-refractivity contribution in [2.45, 2.75) is 9.79 Å². The number of thiol groups is 1. The maximum Gasteiger partial charge on any atom is 0.268 e. The van der Waals surface area contributed by atoms with E-state index in [0.29, 0.717) is 21.4 Å². The molecule has 0 saturated carbocycles. The molecule has 6 heteroatoms. The number of benzene rings is 3. The Hall–Kier alpha value is -2.83. The van der Waals surface area contributed by atoms with Gasteiger partial charge in [0, 0.05) is 15.8 Å². The Labute approximate surface area is 162 Å². The summed E-state index contributed by atoms with van der Waals surface area (Å²) in [5, 5.41) is 0.678. The van der Waals surface area contributed by atoms with E-state index in [1.165, 1.54) is 12.1 Å². The van der Waals surface area contributed by atoms with Crippen LogP contribution in [0.5, 0.6) is 0 Å². The normalized spacial score (nSPS) is 11.6. The van der Waals surface area contributed by atoms with Crippen LogP contribution in [0, 0.1) is 0 Å². The van der Waals surface area contributed by atoms with E-state index in [4.69, 9.17) is 0 Å². The third kappa shape index (κ3) is 2.97. The Kier molecular flexibility index (Phi) is 4.37. The molecule has 1 aromatic heterocycles. The van der Waals surface area contributed by atoms with Gasteiger partial charge >= 0.3 is 0 Å². The molecule has 0 aliphatic carbocycles. The molecule has 4 rings (SSSR count). The second kappa shape index (κ2) is 6.72. The number of para-hydroxylation sites is 1. The van der Waals surface area contributed by atoms with Crippen molar-refractivity contribution in [3.05, 3.63) is 96.2 Å². The van der Waals surface area contributed by atoms with Gasteiger partial charge in [0.25, 0.3) is 10.0 Å². The fourth-order valence-corrected chi connectivity index (χ4v) is 4.84. The highest BCUT2D eigenvalue weighted by Crippen LogP contribution is 2.28. The van der Waals surface area contributed by atoms with Crippen molar-refractivity contribution >= 4 is 39.3 Å². The first kappa shape index (κ1) is 17.6. The molecule has 0 aliphatic rings. The van der Waals surface area contributed by atoms with Crippen molar-refractivity contribution in [1.29, 1.82) is 0 Å². The predicted octanol–water partition coefficient (Wildman–Crippen LogP) is 4.40. The van der Waals surface area contributed by atoms with Gasteiger partial charge in [-0.3, -0.25) is 4.79 Å². The number of carbonyl (C=O) groups is 1. The molecule has 0 unspecified atom stereocenters. The van der Waals surface area contributed by atoms with Gasteiger partial charge in [0.05, 0.1) is 10.4 Å². The van der Waals surface area contributed by atoms with Crippen LogP contribution in [-0.4, -0.2) is 18.2 Å². The highest BCUT2D eigenvalue weighted by Gasteiger charge is 2.27. The minimum atomic E-state index is -3.95. The maximum atomic E-state index is 13.3. The maximum absolute atomic E-state index is 13.3. The molecule has 3 aromatic carbocycles. The van der Waals surface area contributed by atoms with Crippen LogP contribution < -0.4 is 0 Å². The molecule has 0 fully saturated rings. The van der Waals surface area contributed by atoms with Crippen molar-refractivity contribution in [1.82, 2.24) is 3.97 Å². The minimum absolute atomic E-state index is 0.0848. The molecule has 0 bridgehead atoms. The average molecular weight is 393 g/mol. The SMILES string of the molecule is O=C(c1ccccc1S)c1cc2ccccc2n1S(=O)(=O)c1ccccc1. The Morgan fingerprint density at radius 3 is 2.19 bits per heavy atom. The first-order chi connectivity index (χ1) is 13.0. The van der Waals surface area contributed by atoms with Gasteiger partial charge in [0.15, 0.2) is 0 Å². The quantitative estimate of drug-likeness (QED) is 0.413. The lowest BCUT2D eigenvalue weighted by Crippen LogP contribution is -2.19. The van der Waals surface area contributed by atoms with E-state index in [0.717, 1.165) is 3.97 Å². The Bertz CT molecular complexity index is 1260. The third-order valence-corrected chi connectivity index (χ3v) is 6.46. The summed E-state index contributed by atoms with van der Waals surface area (Å²) < 4.78 is 27.8. The van der Waals surface area contributed by atoms with Crippen LogP contribution in [0.2, 0.25) is 0 Å². The second-order valence-corrected chi connectivity index (χ2v) is 8.29. The summed E-state index contributed by atoms with van der Waals surface area (Å²) in [7, 11) is -3.95. The fraction of sp³-hybridized carbons (Fsp3) is 0. The van der Waals surface area contributed by atoms with Crippen molar-refractivity contribution < 1.29 is 13.2 Å². The molecule has 0 atom stereocenters. The third-order valence-electron chi connectivity index (χ3n) is 4.33. The number of ketones is 1. The van der Waals surface area contributed by atoms with Crippen LogP contribution in [-0.2, 0) is 10.0 Å². The van der Waals surface area contributed by atoms with Gasteiger partial charge in [-0.05, 0) is 36.4 Å². The molecule has 0 amide bonds. The van der Waals surface area contributed by atoms with Crippen molar-refractivity contribution in [2.24, 2.45) is 0 Å². The predicted molar refractivity (Wildman–Crippen MR) is 108 cm³/mol. The van der Waals surface area contributed by atoms with Gasteiger partial charge in [0.1, 0.15) is 5.69 Å². The standard InChI is InChI=1S/C21H15NO3S2/c23-21(17-11-5-7-13-20(17)26)19-14-15-8-4-6-12-18(15)22(19)27(24,25)16-9-2-1-3-10-16/h1-14,26H. The molecule has 134 valence electrons. The van der Waals surface area contributed by atoms with Crippen molar-refractivity contribution in [3.8, 4) is 0 Å². The second-order valence-electron chi connectivity index (χ2n) is 6.02. The number of hydrogen-bond donors (Lipinski definition) is 1. The molecule has 0 spiro atoms. The Morgan fingerprint density at radius 2 is 1.44 bits per heavy atom. The van der Waals surface area contributed by atoms with E-state index >= 15 is 0 Å². The lowest BCUT2D eigenvalue weighted by Gasteiger charge is -2.12. The Morgan fingerprint density at radius 1 is 0.815 bits per heavy atom. The number of nitrogens with zero attached hydrogens (tertiary/aromatic N) is 1. The van der Waals surface area contributed by atoms with Crippen molar-refractivity contribution in [2.75, 3.05) is 0 Å². The van der Waals surface area contributed by atoms with E-state index in [2.05, 4.69) is 12.6 Å². The number of rotatable bonds is 4. The summed E-state index contributed by atoms with van der Waals surface area (Å²) in [5.74, 6) is -0.392. The monoisotopic (exact) mass is 393 g/mol. The van der Waals surface area contributed by atoms with Crippen molar-refractivity contribution in [3.63, 3.8) is 0 Å². The molecule has 0 aliphatic heterocycles. The van der Waals surface area contributed by atoms with Crippen LogP contribution in [0.25, 0.3) is 10.9 Å². The molecule has 0 N–H and O–H groups in total. The topological polar surface area (TPSA) is 56.1 Å². The Balaban J connectivity index is 2.02. The van der Waals surface area contributed by atoms with Gasteiger partial charge < -0.3 is 0 Å². The van der Waals surface area contributed by atoms with E-state index in [1.54, 1.807) is 66.7 Å². The fourth-order valence-electron chi connectivity index (χ4n) is 3.05. The number of hydrogen-bond acceptors (Lipinski definition) is 4. The van der Waals surface area contributed by atoms with Crippen LogP contribution in [0.1, 0.15) is 16.1 Å². The molecule has 27 heavy (non-hydrogen) atoms. The van der Waals surface area contributed by atoms with Gasteiger partial charge in [0.2, 0.25) is 5.78 Å². The zero-order valence-electron chi connectivity index (χ0n) is 14.1. The molecule has 0 radical (unpaired) electrons. The summed E-state index contributed by atoms with van der Waals surface area (Å²) in [6.45, 7) is 0. The van der Waals surface area contributed by atoms with E-state index in [1.807, 2.05) is 6.07 Å². The van der Waals surface area contributed by atoms with Crippen LogP contribution in [0.3, 0.4) is 0 Å². The molecule has 4 nitrogen and oxygen atoms in total. The van der Waals surface area contributed by atoms with Crippen LogP contribution in [0.4, 0.5) is 0 Å². The molecule has 4 aromatic rings. The molecule has 1 heterocycles. The average Bonchev–Trinajstić information content (AvgIpc) is 3.09. The first-order valence-electron chi connectivity index (χ1n) is 8.24. The van der Waals surface area contributed by atoms with Gasteiger partial charge in [-0.2, -0.15) is 0 Å². The summed E-state index contributed by atoms with van der Waals surface area (Å²) in [6.07, 6.45) is 0. The lowest BCUT2D eigenvalue weighted by molar-refractivity contribution is 0.103. The van der Waals surface area contributed by atoms with Gasteiger partial charge in [-0.1, -0.05) is 48.5 Å². The molecular weight excluding hydrogens is 378 g/mol. The first-order valence-corrected chi connectivity index (χ1v) is 10.1. The van der Waals surface area contributed by atoms with Gasteiger partial charge in [-0.15, -0.1) is 12.6 Å². The number of aromatic nitrogens is 1. The highest BCUT2D eigenvalue weighted by molar-refractivity contribution is 7.90. The van der Waals surface area contributed by atoms with Crippen LogP contribution in [0.15, 0.2) is 94.7 Å².